The third kappa shape index (κ3) is 5.01. The molecule has 33 heavy (non-hydrogen) atoms. The van der Waals surface area contributed by atoms with E-state index in [9.17, 15) is 14.7 Å². The average Bonchev–Trinajstić information content (AvgIpc) is 3.02. The Hall–Kier alpha value is -2.99. The van der Waals surface area contributed by atoms with Crippen LogP contribution in [0.5, 0.6) is 11.5 Å². The normalized spacial score (nSPS) is 17.7. The van der Waals surface area contributed by atoms with Crippen molar-refractivity contribution in [3.05, 3.63) is 63.7 Å². The van der Waals surface area contributed by atoms with Gasteiger partial charge in [-0.1, -0.05) is 44.5 Å². The number of carbonyl (C=O) groups is 2. The van der Waals surface area contributed by atoms with Crippen molar-refractivity contribution in [3.63, 3.8) is 0 Å². The van der Waals surface area contributed by atoms with Crippen molar-refractivity contribution in [2.45, 2.75) is 40.2 Å². The first-order valence-corrected chi connectivity index (χ1v) is 11.4. The maximum Gasteiger partial charge on any atom is 0.295 e. The third-order valence-corrected chi connectivity index (χ3v) is 5.69. The smallest absolute Gasteiger partial charge is 0.295 e. The molecule has 1 aliphatic rings. The van der Waals surface area contributed by atoms with E-state index >= 15 is 0 Å². The van der Waals surface area contributed by atoms with E-state index in [1.54, 1.807) is 12.1 Å². The number of hydrogen-bond acceptors (Lipinski definition) is 5. The predicted molar refractivity (Wildman–Crippen MR) is 129 cm³/mol. The molecule has 1 fully saturated rings. The van der Waals surface area contributed by atoms with Gasteiger partial charge >= 0.3 is 0 Å². The molecule has 0 radical (unpaired) electrons. The van der Waals surface area contributed by atoms with E-state index < -0.39 is 17.7 Å². The molecule has 2 aromatic carbocycles. The van der Waals surface area contributed by atoms with Crippen molar-refractivity contribution >= 4 is 29.1 Å². The maximum absolute atomic E-state index is 13.1. The Morgan fingerprint density at radius 3 is 2.58 bits per heavy atom. The number of methoxy groups -OCH3 is 1. The molecule has 3 rings (SSSR count). The number of ether oxygens (including phenoxy) is 2. The summed E-state index contributed by atoms with van der Waals surface area (Å²) in [5, 5.41) is 11.7. The number of likely N-dealkylation sites (tertiary alicyclic amines) is 1. The molecule has 1 amide bonds. The lowest BCUT2D eigenvalue weighted by Crippen LogP contribution is -2.30. The Morgan fingerprint density at radius 2 is 1.94 bits per heavy atom. The Morgan fingerprint density at radius 1 is 1.21 bits per heavy atom. The predicted octanol–water partition coefficient (Wildman–Crippen LogP) is 5.52. The minimum atomic E-state index is -0.753. The molecule has 0 spiro atoms. The zero-order valence-electron chi connectivity index (χ0n) is 19.6. The van der Waals surface area contributed by atoms with Gasteiger partial charge in [0, 0.05) is 6.54 Å². The SMILES string of the molecule is CCCN1C(=O)C(=O)/C(=C(/O)c2cc(C)cc(Cl)c2OC)C1c1cccc(OCC(C)C)c1. The van der Waals surface area contributed by atoms with Gasteiger partial charge in [0.25, 0.3) is 11.7 Å². The molecule has 0 saturated carbocycles. The highest BCUT2D eigenvalue weighted by Gasteiger charge is 2.46. The van der Waals surface area contributed by atoms with Gasteiger partial charge in [0.2, 0.25) is 0 Å². The zero-order valence-corrected chi connectivity index (χ0v) is 20.4. The first kappa shape index (κ1) is 24.6. The molecule has 1 aliphatic heterocycles. The molecular formula is C26H30ClNO5. The van der Waals surface area contributed by atoms with Crippen LogP contribution in [-0.4, -0.2) is 42.0 Å². The van der Waals surface area contributed by atoms with E-state index in [-0.39, 0.29) is 22.6 Å². The lowest BCUT2D eigenvalue weighted by atomic mass is 9.94. The monoisotopic (exact) mass is 471 g/mol. The van der Waals surface area contributed by atoms with Crippen LogP contribution in [0.15, 0.2) is 42.0 Å². The van der Waals surface area contributed by atoms with Crippen LogP contribution >= 0.6 is 11.6 Å². The standard InChI is InChI=1S/C26H30ClNO5/c1-6-10-28-22(17-8-7-9-18(13-17)33-14-15(2)3)21(24(30)26(28)31)23(29)19-11-16(4)12-20(27)25(19)32-5/h7-9,11-13,15,22,29H,6,10,14H2,1-5H3/b23-21+. The molecule has 0 bridgehead atoms. The van der Waals surface area contributed by atoms with Crippen LogP contribution < -0.4 is 9.47 Å². The Balaban J connectivity index is 2.20. The Bertz CT molecular complexity index is 1090. The van der Waals surface area contributed by atoms with Crippen LogP contribution in [0, 0.1) is 12.8 Å². The molecule has 1 heterocycles. The van der Waals surface area contributed by atoms with Crippen LogP contribution in [-0.2, 0) is 9.59 Å². The molecule has 7 heteroatoms. The number of amides is 1. The average molecular weight is 472 g/mol. The van der Waals surface area contributed by atoms with Gasteiger partial charge in [-0.15, -0.1) is 0 Å². The van der Waals surface area contributed by atoms with E-state index in [1.807, 2.05) is 38.1 Å². The second-order valence-corrected chi connectivity index (χ2v) is 9.00. The summed E-state index contributed by atoms with van der Waals surface area (Å²) in [5.74, 6) is -0.465. The number of benzene rings is 2. The van der Waals surface area contributed by atoms with Gasteiger partial charge < -0.3 is 19.5 Å². The number of halogens is 1. The van der Waals surface area contributed by atoms with E-state index in [0.29, 0.717) is 41.8 Å². The highest BCUT2D eigenvalue weighted by atomic mass is 35.5. The second-order valence-electron chi connectivity index (χ2n) is 8.60. The van der Waals surface area contributed by atoms with E-state index in [1.165, 1.54) is 12.0 Å². The van der Waals surface area contributed by atoms with E-state index in [0.717, 1.165) is 5.56 Å². The van der Waals surface area contributed by atoms with Crippen LogP contribution in [0.1, 0.15) is 49.9 Å². The van der Waals surface area contributed by atoms with Crippen LogP contribution in [0.4, 0.5) is 0 Å². The Labute approximate surface area is 199 Å². The first-order chi connectivity index (χ1) is 15.7. The van der Waals surface area contributed by atoms with Crippen LogP contribution in [0.3, 0.4) is 0 Å². The number of ketones is 1. The van der Waals surface area contributed by atoms with Crippen molar-refractivity contribution in [1.82, 2.24) is 4.90 Å². The molecular weight excluding hydrogens is 442 g/mol. The second kappa shape index (κ2) is 10.3. The molecule has 0 aromatic heterocycles. The molecule has 2 aromatic rings. The van der Waals surface area contributed by atoms with Gasteiger partial charge in [-0.25, -0.2) is 0 Å². The third-order valence-electron chi connectivity index (χ3n) is 5.41. The van der Waals surface area contributed by atoms with Crippen LogP contribution in [0.25, 0.3) is 5.76 Å². The summed E-state index contributed by atoms with van der Waals surface area (Å²) in [6, 6.07) is 9.94. The number of carbonyl (C=O) groups excluding carboxylic acids is 2. The molecule has 6 nitrogen and oxygen atoms in total. The van der Waals surface area contributed by atoms with Crippen molar-refractivity contribution in [2.75, 3.05) is 20.3 Å². The fraction of sp³-hybridized carbons (Fsp3) is 0.385. The maximum atomic E-state index is 13.1. The fourth-order valence-corrected chi connectivity index (χ4v) is 4.34. The van der Waals surface area contributed by atoms with Gasteiger partial charge in [0.05, 0.1) is 35.9 Å². The number of hydrogen-bond donors (Lipinski definition) is 1. The summed E-state index contributed by atoms with van der Waals surface area (Å²) in [4.78, 5) is 27.6. The number of Topliss-reactive ketones (excluding diaryl/α,β-unsaturated/α-hetero) is 1. The molecule has 176 valence electrons. The summed E-state index contributed by atoms with van der Waals surface area (Å²) >= 11 is 6.33. The quantitative estimate of drug-likeness (QED) is 0.311. The highest BCUT2D eigenvalue weighted by molar-refractivity contribution is 6.46. The largest absolute Gasteiger partial charge is 0.507 e. The number of rotatable bonds is 8. The van der Waals surface area contributed by atoms with Crippen molar-refractivity contribution in [1.29, 1.82) is 0 Å². The zero-order chi connectivity index (χ0) is 24.3. The lowest BCUT2D eigenvalue weighted by Gasteiger charge is -2.25. The topological polar surface area (TPSA) is 76.1 Å². The van der Waals surface area contributed by atoms with Crippen LogP contribution in [0.2, 0.25) is 5.02 Å². The van der Waals surface area contributed by atoms with Gasteiger partial charge in [0.1, 0.15) is 17.3 Å². The molecule has 1 unspecified atom stereocenters. The van der Waals surface area contributed by atoms with Crippen molar-refractivity contribution in [2.24, 2.45) is 5.92 Å². The fourth-order valence-electron chi connectivity index (χ4n) is 3.99. The number of aliphatic hydroxyl groups excluding tert-OH is 1. The van der Waals surface area contributed by atoms with Gasteiger partial charge in [0.15, 0.2) is 0 Å². The summed E-state index contributed by atoms with van der Waals surface area (Å²) < 4.78 is 11.3. The number of aliphatic hydroxyl groups is 1. The van der Waals surface area contributed by atoms with E-state index in [4.69, 9.17) is 21.1 Å². The number of nitrogens with zero attached hydrogens (tertiary/aromatic N) is 1. The van der Waals surface area contributed by atoms with Gasteiger partial charge in [-0.3, -0.25) is 9.59 Å². The number of aryl methyl sites for hydroxylation is 1. The highest BCUT2D eigenvalue weighted by Crippen LogP contribution is 2.43. The Kier molecular flexibility index (Phi) is 7.69. The summed E-state index contributed by atoms with van der Waals surface area (Å²) in [7, 11) is 1.44. The first-order valence-electron chi connectivity index (χ1n) is 11.0. The minimum absolute atomic E-state index is 0.00873. The van der Waals surface area contributed by atoms with Gasteiger partial charge in [-0.2, -0.15) is 0 Å². The minimum Gasteiger partial charge on any atom is -0.507 e. The summed E-state index contributed by atoms with van der Waals surface area (Å²) in [6.45, 7) is 8.78. The van der Waals surface area contributed by atoms with Gasteiger partial charge in [-0.05, 0) is 54.7 Å². The molecule has 1 N–H and O–H groups in total. The summed E-state index contributed by atoms with van der Waals surface area (Å²) in [6.07, 6.45) is 0.659. The molecule has 0 aliphatic carbocycles. The van der Waals surface area contributed by atoms with Crippen molar-refractivity contribution in [3.8, 4) is 11.5 Å². The summed E-state index contributed by atoms with van der Waals surface area (Å²) in [5.41, 5.74) is 1.75. The van der Waals surface area contributed by atoms with Crippen molar-refractivity contribution < 1.29 is 24.2 Å². The molecule has 1 atom stereocenters. The van der Waals surface area contributed by atoms with E-state index in [2.05, 4.69) is 13.8 Å². The molecule has 1 saturated heterocycles. The lowest BCUT2D eigenvalue weighted by molar-refractivity contribution is -0.139.